The van der Waals surface area contributed by atoms with Gasteiger partial charge in [-0.25, -0.2) is 0 Å². The van der Waals surface area contributed by atoms with E-state index in [0.29, 0.717) is 0 Å². The molecule has 3 rings (SSSR count). The van der Waals surface area contributed by atoms with Crippen molar-refractivity contribution in [1.82, 2.24) is 0 Å². The predicted molar refractivity (Wildman–Crippen MR) is 120 cm³/mol. The van der Waals surface area contributed by atoms with Crippen molar-refractivity contribution in [3.63, 3.8) is 0 Å². The molecular weight excluding hydrogens is 324 g/mol. The first kappa shape index (κ1) is 21.7. The molecule has 0 N–H and O–H groups in total. The van der Waals surface area contributed by atoms with Crippen LogP contribution < -0.4 is 0 Å². The zero-order valence-corrected chi connectivity index (χ0v) is 17.5. The van der Waals surface area contributed by atoms with Gasteiger partial charge in [0.1, 0.15) is 0 Å². The van der Waals surface area contributed by atoms with Crippen LogP contribution in [0.3, 0.4) is 0 Å². The van der Waals surface area contributed by atoms with E-state index in [0.717, 1.165) is 5.92 Å². The molecule has 0 aromatic heterocycles. The van der Waals surface area contributed by atoms with Crippen molar-refractivity contribution >= 4 is 0 Å². The molecule has 0 heterocycles. The second kappa shape index (κ2) is 14.5. The van der Waals surface area contributed by atoms with Gasteiger partial charge in [-0.1, -0.05) is 125 Å². The Hall–Kier alpha value is -1.56. The lowest BCUT2D eigenvalue weighted by Gasteiger charge is -2.21. The second-order valence-electron chi connectivity index (χ2n) is 8.10. The normalized spacial score (nSPS) is 14.4. The topological polar surface area (TPSA) is 0 Å². The Bertz CT molecular complexity index is 551. The molecule has 0 bridgehead atoms. The molecule has 0 radical (unpaired) electrons. The van der Waals surface area contributed by atoms with Crippen molar-refractivity contribution in [3.8, 4) is 0 Å². The molecule has 2 aromatic carbocycles. The van der Waals surface area contributed by atoms with E-state index in [1.54, 1.807) is 5.56 Å². The maximum atomic E-state index is 2.27. The van der Waals surface area contributed by atoms with Gasteiger partial charge in [0.15, 0.2) is 0 Å². The molecule has 0 spiro atoms. The summed E-state index contributed by atoms with van der Waals surface area (Å²) in [5, 5.41) is 0. The van der Waals surface area contributed by atoms with Crippen LogP contribution in [-0.4, -0.2) is 0 Å². The van der Waals surface area contributed by atoms with Crippen molar-refractivity contribution in [3.05, 3.63) is 71.8 Å². The molecule has 0 aliphatic heterocycles. The summed E-state index contributed by atoms with van der Waals surface area (Å²) in [5.41, 5.74) is 3.04. The standard InChI is InChI=1S/C15H24.C12H16/c1-2-3-4-5-6-7-9-12-15-13-10-8-11-14-15;1-3-7-11(8-4-1)12-9-5-2-6-10-12/h8,10-11,13-14H,2-7,9,12H2,1H3;1,3-4,7-8,12H,2,5-6,9-10H2. The van der Waals surface area contributed by atoms with Crippen LogP contribution in [0.5, 0.6) is 0 Å². The van der Waals surface area contributed by atoms with E-state index in [1.807, 2.05) is 0 Å². The van der Waals surface area contributed by atoms with Gasteiger partial charge in [-0.05, 0) is 42.7 Å². The highest BCUT2D eigenvalue weighted by Crippen LogP contribution is 2.32. The van der Waals surface area contributed by atoms with Gasteiger partial charge in [0.05, 0.1) is 0 Å². The third-order valence-electron chi connectivity index (χ3n) is 5.79. The Labute approximate surface area is 168 Å². The minimum absolute atomic E-state index is 0.861. The molecule has 1 saturated carbocycles. The highest BCUT2D eigenvalue weighted by Gasteiger charge is 2.14. The first-order valence-electron chi connectivity index (χ1n) is 11.5. The summed E-state index contributed by atoms with van der Waals surface area (Å²) in [6.45, 7) is 2.27. The molecule has 0 unspecified atom stereocenters. The summed E-state index contributed by atoms with van der Waals surface area (Å²) in [6.07, 6.45) is 18.2. The first-order valence-corrected chi connectivity index (χ1v) is 11.5. The maximum Gasteiger partial charge on any atom is -0.0162 e. The summed E-state index contributed by atoms with van der Waals surface area (Å²) < 4.78 is 0. The lowest BCUT2D eigenvalue weighted by atomic mass is 9.84. The number of rotatable bonds is 9. The minimum Gasteiger partial charge on any atom is -0.0654 e. The zero-order valence-electron chi connectivity index (χ0n) is 17.5. The Morgan fingerprint density at radius 1 is 0.630 bits per heavy atom. The van der Waals surface area contributed by atoms with Crippen LogP contribution in [0.2, 0.25) is 0 Å². The smallest absolute Gasteiger partial charge is 0.0162 e. The molecular formula is C27H40. The summed E-state index contributed by atoms with van der Waals surface area (Å²) in [6, 6.07) is 21.8. The van der Waals surface area contributed by atoms with Crippen molar-refractivity contribution in [2.75, 3.05) is 0 Å². The van der Waals surface area contributed by atoms with Crippen LogP contribution in [0.25, 0.3) is 0 Å². The molecule has 1 fully saturated rings. The average molecular weight is 365 g/mol. The monoisotopic (exact) mass is 364 g/mol. The van der Waals surface area contributed by atoms with Crippen molar-refractivity contribution in [2.24, 2.45) is 0 Å². The molecule has 148 valence electrons. The summed E-state index contributed by atoms with van der Waals surface area (Å²) in [7, 11) is 0. The number of hydrogen-bond donors (Lipinski definition) is 0. The van der Waals surface area contributed by atoms with E-state index in [2.05, 4.69) is 67.6 Å². The van der Waals surface area contributed by atoms with Crippen molar-refractivity contribution < 1.29 is 0 Å². The van der Waals surface area contributed by atoms with Gasteiger partial charge in [0.25, 0.3) is 0 Å². The fourth-order valence-corrected chi connectivity index (χ4v) is 4.09. The van der Waals surface area contributed by atoms with E-state index in [1.165, 1.54) is 89.0 Å². The van der Waals surface area contributed by atoms with Gasteiger partial charge in [0, 0.05) is 0 Å². The molecule has 0 heteroatoms. The van der Waals surface area contributed by atoms with Gasteiger partial charge in [-0.15, -0.1) is 0 Å². The number of unbranched alkanes of at least 4 members (excludes halogenated alkanes) is 6. The SMILES string of the molecule is CCCCCCCCCc1ccccc1.c1ccc(C2CCCCC2)cc1. The van der Waals surface area contributed by atoms with Crippen LogP contribution in [-0.2, 0) is 6.42 Å². The highest BCUT2D eigenvalue weighted by atomic mass is 14.2. The molecule has 1 aliphatic rings. The number of aryl methyl sites for hydroxylation is 1. The fourth-order valence-electron chi connectivity index (χ4n) is 4.09. The number of benzene rings is 2. The zero-order chi connectivity index (χ0) is 19.0. The summed E-state index contributed by atoms with van der Waals surface area (Å²) >= 11 is 0. The molecule has 1 aliphatic carbocycles. The maximum absolute atomic E-state index is 2.27. The fraction of sp³-hybridized carbons (Fsp3) is 0.556. The average Bonchev–Trinajstić information content (AvgIpc) is 2.76. The molecule has 0 nitrogen and oxygen atoms in total. The molecule has 0 atom stereocenters. The van der Waals surface area contributed by atoms with Crippen LogP contribution in [0, 0.1) is 0 Å². The number of hydrogen-bond acceptors (Lipinski definition) is 0. The molecule has 2 aromatic rings. The van der Waals surface area contributed by atoms with Crippen molar-refractivity contribution in [2.45, 2.75) is 96.3 Å². The Morgan fingerprint density at radius 3 is 1.81 bits per heavy atom. The van der Waals surface area contributed by atoms with Crippen LogP contribution >= 0.6 is 0 Å². The molecule has 27 heavy (non-hydrogen) atoms. The van der Waals surface area contributed by atoms with E-state index in [9.17, 15) is 0 Å². The Balaban J connectivity index is 0.000000198. The third-order valence-corrected chi connectivity index (χ3v) is 5.79. The summed E-state index contributed by atoms with van der Waals surface area (Å²) in [5.74, 6) is 0.861. The quantitative estimate of drug-likeness (QED) is 0.390. The minimum atomic E-state index is 0.861. The first-order chi connectivity index (χ1) is 13.4. The Morgan fingerprint density at radius 2 is 1.19 bits per heavy atom. The van der Waals surface area contributed by atoms with Gasteiger partial charge in [-0.3, -0.25) is 0 Å². The van der Waals surface area contributed by atoms with E-state index in [4.69, 9.17) is 0 Å². The van der Waals surface area contributed by atoms with Crippen LogP contribution in [0.4, 0.5) is 0 Å². The molecule has 0 amide bonds. The van der Waals surface area contributed by atoms with Crippen molar-refractivity contribution in [1.29, 1.82) is 0 Å². The third kappa shape index (κ3) is 9.80. The van der Waals surface area contributed by atoms with Gasteiger partial charge < -0.3 is 0 Å². The highest BCUT2D eigenvalue weighted by molar-refractivity contribution is 5.19. The van der Waals surface area contributed by atoms with Gasteiger partial charge >= 0.3 is 0 Å². The second-order valence-corrected chi connectivity index (χ2v) is 8.10. The van der Waals surface area contributed by atoms with E-state index >= 15 is 0 Å². The van der Waals surface area contributed by atoms with E-state index in [-0.39, 0.29) is 0 Å². The summed E-state index contributed by atoms with van der Waals surface area (Å²) in [4.78, 5) is 0. The van der Waals surface area contributed by atoms with Crippen LogP contribution in [0.1, 0.15) is 101 Å². The molecule has 0 saturated heterocycles. The van der Waals surface area contributed by atoms with Gasteiger partial charge in [-0.2, -0.15) is 0 Å². The van der Waals surface area contributed by atoms with E-state index < -0.39 is 0 Å². The van der Waals surface area contributed by atoms with Crippen LogP contribution in [0.15, 0.2) is 60.7 Å². The lowest BCUT2D eigenvalue weighted by Crippen LogP contribution is -2.03. The largest absolute Gasteiger partial charge is 0.0654 e. The predicted octanol–water partition coefficient (Wildman–Crippen LogP) is 8.71. The van der Waals surface area contributed by atoms with Gasteiger partial charge in [0.2, 0.25) is 0 Å². The Kier molecular flexibility index (Phi) is 11.7. The lowest BCUT2D eigenvalue weighted by molar-refractivity contribution is 0.443.